The number of phosphoric acid groups is 1. The Hall–Kier alpha value is -4.19. The largest absolute Gasteiger partial charge is 0.480 e. The van der Waals surface area contributed by atoms with Crippen LogP contribution in [-0.2, 0) is 42.3 Å². The average molecular weight is 844 g/mol. The molecule has 0 spiro atoms. The molecular weight excluding hydrogens is 773 g/mol. The maximum atomic E-state index is 12.6. The van der Waals surface area contributed by atoms with Crippen LogP contribution >= 0.6 is 7.82 Å². The summed E-state index contributed by atoms with van der Waals surface area (Å²) in [6, 6.07) is -1.55. The topological polar surface area (TPSA) is 189 Å². The Labute approximate surface area is 353 Å². The predicted molar refractivity (Wildman–Crippen MR) is 235 cm³/mol. The fourth-order valence-corrected chi connectivity index (χ4v) is 5.47. The number of ether oxygens (including phenoxy) is 2. The zero-order valence-corrected chi connectivity index (χ0v) is 36.2. The number of allylic oxidation sites excluding steroid dienone is 18. The van der Waals surface area contributed by atoms with Crippen LogP contribution in [0.5, 0.6) is 0 Å². The summed E-state index contributed by atoms with van der Waals surface area (Å²) in [6.45, 7) is 2.37. The van der Waals surface area contributed by atoms with E-state index in [2.05, 4.69) is 67.0 Å². The van der Waals surface area contributed by atoms with E-state index < -0.39 is 57.7 Å². The maximum Gasteiger partial charge on any atom is 0.472 e. The lowest BCUT2D eigenvalue weighted by atomic mass is 10.1. The predicted octanol–water partition coefficient (Wildman–Crippen LogP) is 10.2. The highest BCUT2D eigenvalue weighted by atomic mass is 31.2. The Morgan fingerprint density at radius 2 is 1.08 bits per heavy atom. The number of carbonyl (C=O) groups excluding carboxylic acids is 3. The molecule has 0 aliphatic heterocycles. The number of hydrogen-bond acceptors (Lipinski definition) is 10. The molecular formula is C46H70NO11P. The second-order valence-corrected chi connectivity index (χ2v) is 14.9. The third-order valence-electron chi connectivity index (χ3n) is 7.98. The Morgan fingerprint density at radius 3 is 1.61 bits per heavy atom. The molecule has 0 saturated carbocycles. The van der Waals surface area contributed by atoms with Crippen molar-refractivity contribution in [3.63, 3.8) is 0 Å². The number of aliphatic carboxylic acids is 1. The minimum atomic E-state index is -4.76. The van der Waals surface area contributed by atoms with E-state index in [1.807, 2.05) is 48.6 Å². The molecule has 0 aromatic heterocycles. The molecule has 0 saturated heterocycles. The van der Waals surface area contributed by atoms with Crippen molar-refractivity contribution in [2.45, 2.75) is 135 Å². The summed E-state index contributed by atoms with van der Waals surface area (Å²) in [5.74, 6) is -2.44. The molecule has 0 aromatic rings. The monoisotopic (exact) mass is 843 g/mol. The van der Waals surface area contributed by atoms with Gasteiger partial charge in [-0.1, -0.05) is 130 Å². The SMILES string of the molecule is CC/C=C\C/C=C\C/C=C\C/C=C\C/C=C\CCCC(=O)O[C@H](COC(=O)CCC/C=C\C/C=C\C/C=C\C=C\C(=O)CCCCC)COP(=O)(O)OC[C@H](N)C(=O)O. The number of carboxylic acid groups (broad SMARTS) is 1. The molecule has 0 aromatic carbocycles. The van der Waals surface area contributed by atoms with Crippen LogP contribution in [-0.4, -0.2) is 65.7 Å². The lowest BCUT2D eigenvalue weighted by molar-refractivity contribution is -0.161. The molecule has 0 amide bonds. The zero-order chi connectivity index (χ0) is 43.7. The number of unbranched alkanes of at least 4 members (excludes halogenated alkanes) is 4. The van der Waals surface area contributed by atoms with Gasteiger partial charge in [-0.25, -0.2) is 4.57 Å². The summed E-state index contributed by atoms with van der Waals surface area (Å²) in [4.78, 5) is 57.6. The second-order valence-electron chi connectivity index (χ2n) is 13.4. The number of carboxylic acids is 1. The summed E-state index contributed by atoms with van der Waals surface area (Å²) in [5.41, 5.74) is 5.31. The van der Waals surface area contributed by atoms with Gasteiger partial charge in [0.2, 0.25) is 0 Å². The van der Waals surface area contributed by atoms with Gasteiger partial charge in [0.15, 0.2) is 11.9 Å². The van der Waals surface area contributed by atoms with Crippen molar-refractivity contribution in [1.82, 2.24) is 0 Å². The molecule has 330 valence electrons. The molecule has 1 unspecified atom stereocenters. The van der Waals surface area contributed by atoms with Crippen LogP contribution < -0.4 is 5.73 Å². The fraction of sp³-hybridized carbons (Fsp3) is 0.522. The van der Waals surface area contributed by atoms with Gasteiger partial charge in [-0.2, -0.15) is 0 Å². The summed E-state index contributed by atoms with van der Waals surface area (Å²) in [5, 5.41) is 8.88. The standard InChI is InChI=1S/C46H70NO11P/c1-3-5-7-8-9-10-11-12-13-14-15-16-19-23-26-29-33-37-45(50)58-42(39-56-59(53,54)57-40-43(47)46(51)52)38-55-44(49)36-32-28-25-22-20-17-18-21-24-27-31-35-41(48)34-30-6-4-2/h5,7,9-10,12-13,15-18,22-27,31,35,42-43H,3-4,6,8,11,14,19-21,28-30,32-34,36-40,47H2,1-2H3,(H,51,52)(H,53,54)/b7-5-,10-9-,13-12-,16-15-,18-17-,25-22-,26-23-,27-24-,35-31+/t42-,43+/m1/s1. The van der Waals surface area contributed by atoms with Crippen LogP contribution in [0.3, 0.4) is 0 Å². The first kappa shape index (κ1) is 54.8. The zero-order valence-electron chi connectivity index (χ0n) is 35.3. The van der Waals surface area contributed by atoms with Gasteiger partial charge in [-0.05, 0) is 83.1 Å². The summed E-state index contributed by atoms with van der Waals surface area (Å²) >= 11 is 0. The highest BCUT2D eigenvalue weighted by molar-refractivity contribution is 7.47. The number of nitrogens with two attached hydrogens (primary N) is 1. The third kappa shape index (κ3) is 39.1. The normalized spacial score (nSPS) is 14.7. The molecule has 0 aliphatic rings. The van der Waals surface area contributed by atoms with Crippen molar-refractivity contribution in [2.24, 2.45) is 5.73 Å². The molecule has 0 rings (SSSR count). The molecule has 0 radical (unpaired) electrons. The van der Waals surface area contributed by atoms with E-state index in [0.29, 0.717) is 32.1 Å². The molecule has 4 N–H and O–H groups in total. The molecule has 12 nitrogen and oxygen atoms in total. The number of esters is 2. The molecule has 59 heavy (non-hydrogen) atoms. The molecule has 0 heterocycles. The van der Waals surface area contributed by atoms with E-state index in [1.54, 1.807) is 12.2 Å². The van der Waals surface area contributed by atoms with E-state index >= 15 is 0 Å². The summed E-state index contributed by atoms with van der Waals surface area (Å²) in [7, 11) is -4.76. The lowest BCUT2D eigenvalue weighted by Crippen LogP contribution is -2.34. The highest BCUT2D eigenvalue weighted by Gasteiger charge is 2.28. The minimum Gasteiger partial charge on any atom is -0.480 e. The van der Waals surface area contributed by atoms with Gasteiger partial charge in [-0.15, -0.1) is 0 Å². The lowest BCUT2D eigenvalue weighted by Gasteiger charge is -2.20. The van der Waals surface area contributed by atoms with Crippen molar-refractivity contribution < 1.29 is 52.3 Å². The van der Waals surface area contributed by atoms with Crippen LogP contribution in [0.2, 0.25) is 0 Å². The van der Waals surface area contributed by atoms with Crippen molar-refractivity contribution in [3.05, 3.63) is 109 Å². The first-order valence-electron chi connectivity index (χ1n) is 20.9. The smallest absolute Gasteiger partial charge is 0.472 e. The van der Waals surface area contributed by atoms with Gasteiger partial charge in [-0.3, -0.25) is 28.2 Å². The summed E-state index contributed by atoms with van der Waals surface area (Å²) in [6.07, 6.45) is 47.3. The Morgan fingerprint density at radius 1 is 0.593 bits per heavy atom. The van der Waals surface area contributed by atoms with E-state index in [-0.39, 0.29) is 18.6 Å². The van der Waals surface area contributed by atoms with Gasteiger partial charge in [0.05, 0.1) is 13.2 Å². The van der Waals surface area contributed by atoms with Crippen molar-refractivity contribution in [2.75, 3.05) is 19.8 Å². The number of phosphoric ester groups is 1. The molecule has 3 atom stereocenters. The summed E-state index contributed by atoms with van der Waals surface area (Å²) < 4.78 is 32.5. The van der Waals surface area contributed by atoms with E-state index in [4.69, 9.17) is 24.8 Å². The molecule has 0 aliphatic carbocycles. The quantitative estimate of drug-likeness (QED) is 0.0134. The average Bonchev–Trinajstić information content (AvgIpc) is 3.20. The Bertz CT molecular complexity index is 1470. The molecule has 0 fully saturated rings. The van der Waals surface area contributed by atoms with Crippen molar-refractivity contribution in [1.29, 1.82) is 0 Å². The van der Waals surface area contributed by atoms with Gasteiger partial charge >= 0.3 is 25.7 Å². The van der Waals surface area contributed by atoms with Crippen LogP contribution in [0, 0.1) is 0 Å². The number of ketones is 1. The minimum absolute atomic E-state index is 0.0521. The first-order valence-corrected chi connectivity index (χ1v) is 22.4. The van der Waals surface area contributed by atoms with Gasteiger partial charge in [0.1, 0.15) is 12.6 Å². The maximum absolute atomic E-state index is 12.6. The number of carbonyl (C=O) groups is 4. The third-order valence-corrected chi connectivity index (χ3v) is 8.93. The molecule has 0 bridgehead atoms. The van der Waals surface area contributed by atoms with Crippen LogP contribution in [0.25, 0.3) is 0 Å². The Balaban J connectivity index is 4.65. The Kier molecular flexibility index (Phi) is 36.5. The van der Waals surface area contributed by atoms with E-state index in [1.165, 1.54) is 0 Å². The number of rotatable bonds is 37. The van der Waals surface area contributed by atoms with Crippen LogP contribution in [0.15, 0.2) is 109 Å². The van der Waals surface area contributed by atoms with Gasteiger partial charge in [0.25, 0.3) is 0 Å². The van der Waals surface area contributed by atoms with Gasteiger partial charge in [0, 0.05) is 19.3 Å². The van der Waals surface area contributed by atoms with Crippen molar-refractivity contribution in [3.8, 4) is 0 Å². The van der Waals surface area contributed by atoms with Crippen molar-refractivity contribution >= 4 is 31.5 Å². The number of hydrogen-bond donors (Lipinski definition) is 3. The van der Waals surface area contributed by atoms with E-state index in [9.17, 15) is 28.6 Å². The van der Waals surface area contributed by atoms with Crippen LogP contribution in [0.4, 0.5) is 0 Å². The molecule has 13 heteroatoms. The first-order chi connectivity index (χ1) is 28.5. The van der Waals surface area contributed by atoms with E-state index in [0.717, 1.165) is 64.2 Å². The van der Waals surface area contributed by atoms with Gasteiger partial charge < -0.3 is 25.2 Å². The second kappa shape index (κ2) is 39.3. The highest BCUT2D eigenvalue weighted by Crippen LogP contribution is 2.43. The fourth-order valence-electron chi connectivity index (χ4n) is 4.69. The van der Waals surface area contributed by atoms with Crippen LogP contribution in [0.1, 0.15) is 123 Å².